The number of aromatic nitrogens is 4. The van der Waals surface area contributed by atoms with Gasteiger partial charge in [0, 0.05) is 30.9 Å². The smallest absolute Gasteiger partial charge is 0.360 e. The van der Waals surface area contributed by atoms with Gasteiger partial charge in [0.1, 0.15) is 17.6 Å². The van der Waals surface area contributed by atoms with E-state index in [-0.39, 0.29) is 17.5 Å². The average Bonchev–Trinajstić information content (AvgIpc) is 3.35. The van der Waals surface area contributed by atoms with Crippen LogP contribution in [0.3, 0.4) is 0 Å². The van der Waals surface area contributed by atoms with Crippen molar-refractivity contribution in [1.29, 1.82) is 0 Å². The van der Waals surface area contributed by atoms with Gasteiger partial charge in [0.15, 0.2) is 11.6 Å². The number of nitrogens with one attached hydrogen (secondary N) is 1. The number of hydrogen-bond donors (Lipinski definition) is 1. The fourth-order valence-corrected chi connectivity index (χ4v) is 3.80. The molecule has 156 valence electrons. The number of rotatable bonds is 4. The van der Waals surface area contributed by atoms with Crippen molar-refractivity contribution < 1.29 is 9.21 Å². The summed E-state index contributed by atoms with van der Waals surface area (Å²) in [5.41, 5.74) is 0.0954. The lowest BCUT2D eigenvalue weighted by atomic mass is 9.97. The number of amides is 1. The number of nitrogens with zero attached hydrogens (tertiary/aromatic N) is 5. The predicted octanol–water partition coefficient (Wildman–Crippen LogP) is 2.62. The van der Waals surface area contributed by atoms with Crippen LogP contribution in [0.4, 0.5) is 11.5 Å². The van der Waals surface area contributed by atoms with Gasteiger partial charge >= 0.3 is 5.63 Å². The highest BCUT2D eigenvalue weighted by molar-refractivity contribution is 5.94. The minimum atomic E-state index is -0.555. The van der Waals surface area contributed by atoms with Gasteiger partial charge in [-0.3, -0.25) is 9.36 Å². The molecule has 0 spiro atoms. The molecule has 0 saturated carbocycles. The number of carbonyl (C=O) groups is 1. The van der Waals surface area contributed by atoms with E-state index in [0.717, 1.165) is 24.8 Å². The molecule has 1 amide bonds. The lowest BCUT2D eigenvalue weighted by Crippen LogP contribution is -2.41. The third kappa shape index (κ3) is 3.89. The molecule has 5 rings (SSSR count). The van der Waals surface area contributed by atoms with E-state index in [2.05, 4.69) is 20.5 Å². The van der Waals surface area contributed by atoms with E-state index < -0.39 is 5.63 Å². The summed E-state index contributed by atoms with van der Waals surface area (Å²) in [4.78, 5) is 31.2. The molecule has 0 aliphatic carbocycles. The second kappa shape index (κ2) is 8.02. The van der Waals surface area contributed by atoms with Crippen LogP contribution in [0.5, 0.6) is 0 Å². The molecule has 4 aromatic rings. The summed E-state index contributed by atoms with van der Waals surface area (Å²) in [6.45, 7) is 1.30. The zero-order valence-corrected chi connectivity index (χ0v) is 16.6. The molecule has 9 heteroatoms. The minimum Gasteiger partial charge on any atom is -0.421 e. The summed E-state index contributed by atoms with van der Waals surface area (Å²) >= 11 is 0. The number of carbonyl (C=O) groups excluding carboxylic acids is 1. The van der Waals surface area contributed by atoms with Gasteiger partial charge in [-0.1, -0.05) is 18.2 Å². The van der Waals surface area contributed by atoms with Crippen molar-refractivity contribution in [2.24, 2.45) is 5.92 Å². The average molecular weight is 416 g/mol. The maximum atomic E-state index is 12.9. The molecule has 4 heterocycles. The maximum Gasteiger partial charge on any atom is 0.360 e. The zero-order valence-electron chi connectivity index (χ0n) is 16.6. The molecule has 1 atom stereocenters. The van der Waals surface area contributed by atoms with Crippen LogP contribution >= 0.6 is 0 Å². The molecule has 1 fully saturated rings. The van der Waals surface area contributed by atoms with Crippen molar-refractivity contribution in [1.82, 2.24) is 19.7 Å². The first kappa shape index (κ1) is 19.0. The Kier molecular flexibility index (Phi) is 4.91. The van der Waals surface area contributed by atoms with Crippen molar-refractivity contribution in [3.8, 4) is 5.82 Å². The Labute approximate surface area is 177 Å². The summed E-state index contributed by atoms with van der Waals surface area (Å²) in [6.07, 6.45) is 6.72. The Hall–Kier alpha value is -4.01. The van der Waals surface area contributed by atoms with Crippen LogP contribution < -0.4 is 15.8 Å². The normalized spacial score (nSPS) is 16.4. The maximum absolute atomic E-state index is 12.9. The first-order chi connectivity index (χ1) is 15.2. The van der Waals surface area contributed by atoms with Gasteiger partial charge in [0.05, 0.1) is 5.92 Å². The minimum absolute atomic E-state index is 0.158. The lowest BCUT2D eigenvalue weighted by molar-refractivity contribution is -0.120. The van der Waals surface area contributed by atoms with E-state index in [0.29, 0.717) is 23.8 Å². The van der Waals surface area contributed by atoms with Gasteiger partial charge in [-0.05, 0) is 37.1 Å². The topological polar surface area (TPSA) is 106 Å². The Balaban J connectivity index is 1.29. The zero-order chi connectivity index (χ0) is 21.2. The SMILES string of the molecule is O=C(Nc1cc2ccccc2oc1=O)C1CCCN(c2ccc(-n3ccnc3)nn2)C1. The Morgan fingerprint density at radius 3 is 2.77 bits per heavy atom. The number of fused-ring (bicyclic) bond motifs is 1. The Bertz CT molecular complexity index is 1270. The van der Waals surface area contributed by atoms with E-state index >= 15 is 0 Å². The monoisotopic (exact) mass is 416 g/mol. The molecule has 9 nitrogen and oxygen atoms in total. The van der Waals surface area contributed by atoms with E-state index in [9.17, 15) is 9.59 Å². The van der Waals surface area contributed by atoms with Gasteiger partial charge in [0.25, 0.3) is 0 Å². The molecular formula is C22H20N6O3. The summed E-state index contributed by atoms with van der Waals surface area (Å²) in [5.74, 6) is 0.923. The van der Waals surface area contributed by atoms with Gasteiger partial charge in [-0.15, -0.1) is 10.2 Å². The number of para-hydroxylation sites is 1. The molecule has 31 heavy (non-hydrogen) atoms. The van der Waals surface area contributed by atoms with Crippen molar-refractivity contribution in [2.75, 3.05) is 23.3 Å². The molecular weight excluding hydrogens is 396 g/mol. The molecule has 0 bridgehead atoms. The Morgan fingerprint density at radius 2 is 1.97 bits per heavy atom. The van der Waals surface area contributed by atoms with Crippen LogP contribution in [0.15, 0.2) is 70.4 Å². The summed E-state index contributed by atoms with van der Waals surface area (Å²) < 4.78 is 7.08. The summed E-state index contributed by atoms with van der Waals surface area (Å²) in [7, 11) is 0. The molecule has 1 saturated heterocycles. The number of imidazole rings is 1. The fourth-order valence-electron chi connectivity index (χ4n) is 3.80. The number of piperidine rings is 1. The van der Waals surface area contributed by atoms with Crippen molar-refractivity contribution in [3.63, 3.8) is 0 Å². The van der Waals surface area contributed by atoms with Gasteiger partial charge in [0.2, 0.25) is 5.91 Å². The van der Waals surface area contributed by atoms with Crippen LogP contribution in [-0.2, 0) is 4.79 Å². The van der Waals surface area contributed by atoms with Crippen LogP contribution in [-0.4, -0.2) is 38.7 Å². The lowest BCUT2D eigenvalue weighted by Gasteiger charge is -2.32. The number of anilines is 2. The molecule has 1 unspecified atom stereocenters. The highest BCUT2D eigenvalue weighted by atomic mass is 16.4. The van der Waals surface area contributed by atoms with Crippen LogP contribution in [0.25, 0.3) is 16.8 Å². The largest absolute Gasteiger partial charge is 0.421 e. The first-order valence-corrected chi connectivity index (χ1v) is 10.1. The molecule has 1 aliphatic rings. The van der Waals surface area contributed by atoms with Gasteiger partial charge < -0.3 is 14.6 Å². The molecule has 0 radical (unpaired) electrons. The van der Waals surface area contributed by atoms with Crippen molar-refractivity contribution in [3.05, 3.63) is 71.6 Å². The quantitative estimate of drug-likeness (QED) is 0.510. The van der Waals surface area contributed by atoms with Gasteiger partial charge in [-0.2, -0.15) is 0 Å². The van der Waals surface area contributed by atoms with E-state index in [4.69, 9.17) is 4.42 Å². The highest BCUT2D eigenvalue weighted by Crippen LogP contribution is 2.23. The third-order valence-electron chi connectivity index (χ3n) is 5.42. The van der Waals surface area contributed by atoms with Crippen LogP contribution in [0, 0.1) is 5.92 Å². The van der Waals surface area contributed by atoms with Crippen LogP contribution in [0.1, 0.15) is 12.8 Å². The van der Waals surface area contributed by atoms with E-state index in [1.165, 1.54) is 0 Å². The standard InChI is InChI=1S/C22H20N6O3/c29-21(24-17-12-15-4-1-2-6-18(15)31-22(17)30)16-5-3-10-27(13-16)19-7-8-20(26-25-19)28-11-9-23-14-28/h1-2,4,6-9,11-12,14,16H,3,5,10,13H2,(H,24,29). The predicted molar refractivity (Wildman–Crippen MR) is 115 cm³/mol. The van der Waals surface area contributed by atoms with Gasteiger partial charge in [-0.25, -0.2) is 9.78 Å². The summed E-state index contributed by atoms with van der Waals surface area (Å²) in [5, 5.41) is 12.1. The van der Waals surface area contributed by atoms with Crippen LogP contribution in [0.2, 0.25) is 0 Å². The highest BCUT2D eigenvalue weighted by Gasteiger charge is 2.27. The van der Waals surface area contributed by atoms with E-state index in [1.807, 2.05) is 29.2 Å². The third-order valence-corrected chi connectivity index (χ3v) is 5.42. The second-order valence-corrected chi connectivity index (χ2v) is 7.48. The fraction of sp³-hybridized carbons (Fsp3) is 0.227. The number of benzene rings is 1. The van der Waals surface area contributed by atoms with Crippen molar-refractivity contribution >= 4 is 28.4 Å². The molecule has 1 N–H and O–H groups in total. The Morgan fingerprint density at radius 1 is 1.13 bits per heavy atom. The molecule has 3 aromatic heterocycles. The molecule has 1 aliphatic heterocycles. The second-order valence-electron chi connectivity index (χ2n) is 7.48. The first-order valence-electron chi connectivity index (χ1n) is 10.1. The molecule has 1 aromatic carbocycles. The van der Waals surface area contributed by atoms with Crippen molar-refractivity contribution in [2.45, 2.75) is 12.8 Å². The summed E-state index contributed by atoms with van der Waals surface area (Å²) in [6, 6.07) is 12.6. The van der Waals surface area contributed by atoms with E-state index in [1.54, 1.807) is 41.5 Å². The number of hydrogen-bond acceptors (Lipinski definition) is 7.